The zero-order valence-corrected chi connectivity index (χ0v) is 10.7. The van der Waals surface area contributed by atoms with Crippen LogP contribution in [0.3, 0.4) is 0 Å². The first-order valence-electron chi connectivity index (χ1n) is 6.04. The molecule has 0 atom stereocenters. The van der Waals surface area contributed by atoms with Crippen LogP contribution in [0, 0.1) is 6.92 Å². The molecule has 0 aliphatic carbocycles. The van der Waals surface area contributed by atoms with E-state index in [-0.39, 0.29) is 5.69 Å². The van der Waals surface area contributed by atoms with E-state index >= 15 is 0 Å². The molecule has 1 aromatic carbocycles. The highest BCUT2D eigenvalue weighted by molar-refractivity contribution is 5.86. The number of carbonyl (C=O) groups is 1. The number of aromatic nitrogens is 4. The lowest BCUT2D eigenvalue weighted by atomic mass is 10.1. The second-order valence-corrected chi connectivity index (χ2v) is 4.37. The average Bonchev–Trinajstić information content (AvgIpc) is 3.07. The van der Waals surface area contributed by atoms with Crippen molar-refractivity contribution in [1.82, 2.24) is 19.7 Å². The molecular weight excluding hydrogens is 256 g/mol. The van der Waals surface area contributed by atoms with Crippen LogP contribution in [-0.2, 0) is 0 Å². The number of aromatic carboxylic acids is 1. The number of hydrogen-bond donors (Lipinski definition) is 2. The van der Waals surface area contributed by atoms with Crippen molar-refractivity contribution in [3.8, 4) is 16.9 Å². The number of aromatic amines is 1. The molecule has 0 radical (unpaired) electrons. The van der Waals surface area contributed by atoms with E-state index in [0.29, 0.717) is 5.69 Å². The topological polar surface area (TPSA) is 83.8 Å². The van der Waals surface area contributed by atoms with E-state index in [1.807, 2.05) is 42.0 Å². The maximum atomic E-state index is 10.9. The number of carboxylic acids is 1. The number of nitrogens with zero attached hydrogens (tertiary/aromatic N) is 3. The normalized spacial score (nSPS) is 10.7. The summed E-state index contributed by atoms with van der Waals surface area (Å²) in [6.07, 6.45) is 3.61. The summed E-state index contributed by atoms with van der Waals surface area (Å²) >= 11 is 0. The first kappa shape index (κ1) is 12.2. The Kier molecular flexibility index (Phi) is 2.83. The largest absolute Gasteiger partial charge is 0.477 e. The highest BCUT2D eigenvalue weighted by Gasteiger charge is 2.10. The Morgan fingerprint density at radius 3 is 2.85 bits per heavy atom. The minimum atomic E-state index is -1.02. The van der Waals surface area contributed by atoms with Crippen molar-refractivity contribution in [3.05, 3.63) is 54.2 Å². The summed E-state index contributed by atoms with van der Waals surface area (Å²) in [7, 11) is 0. The fourth-order valence-electron chi connectivity index (χ4n) is 2.05. The van der Waals surface area contributed by atoms with Gasteiger partial charge in [0, 0.05) is 23.6 Å². The van der Waals surface area contributed by atoms with E-state index in [4.69, 9.17) is 5.11 Å². The first-order chi connectivity index (χ1) is 9.65. The van der Waals surface area contributed by atoms with Gasteiger partial charge in [-0.2, -0.15) is 5.10 Å². The number of aryl methyl sites for hydroxylation is 1. The summed E-state index contributed by atoms with van der Waals surface area (Å²) in [6, 6.07) is 9.21. The maximum absolute atomic E-state index is 10.9. The molecule has 3 rings (SSSR count). The molecule has 6 heteroatoms. The highest BCUT2D eigenvalue weighted by atomic mass is 16.4. The molecule has 3 aromatic rings. The zero-order valence-electron chi connectivity index (χ0n) is 10.7. The van der Waals surface area contributed by atoms with E-state index in [2.05, 4.69) is 15.2 Å². The van der Waals surface area contributed by atoms with E-state index in [9.17, 15) is 4.79 Å². The Morgan fingerprint density at radius 2 is 2.20 bits per heavy atom. The van der Waals surface area contributed by atoms with Crippen molar-refractivity contribution in [2.45, 2.75) is 6.92 Å². The molecule has 0 aliphatic heterocycles. The summed E-state index contributed by atoms with van der Waals surface area (Å²) in [5.41, 5.74) is 2.47. The van der Waals surface area contributed by atoms with Gasteiger partial charge in [0.2, 0.25) is 0 Å². The van der Waals surface area contributed by atoms with Crippen molar-refractivity contribution in [3.63, 3.8) is 0 Å². The number of carboxylic acid groups (broad SMARTS) is 1. The fourth-order valence-corrected chi connectivity index (χ4v) is 2.05. The standard InChI is InChI=1S/C14H12N4O2/c1-9-15-5-6-18(9)11-4-2-3-10(7-11)12-8-13(14(19)20)17-16-12/h2-8H,1H3,(H,16,17)(H,19,20). The molecule has 0 aliphatic rings. The Hall–Kier alpha value is -2.89. The molecule has 0 spiro atoms. The van der Waals surface area contributed by atoms with Gasteiger partial charge in [0.15, 0.2) is 0 Å². The van der Waals surface area contributed by atoms with E-state index < -0.39 is 5.97 Å². The smallest absolute Gasteiger partial charge is 0.353 e. The predicted molar refractivity (Wildman–Crippen MR) is 72.8 cm³/mol. The Labute approximate surface area is 114 Å². The number of imidazole rings is 1. The summed E-state index contributed by atoms with van der Waals surface area (Å²) in [5, 5.41) is 15.4. The molecule has 20 heavy (non-hydrogen) atoms. The lowest BCUT2D eigenvalue weighted by molar-refractivity contribution is 0.0690. The average molecular weight is 268 g/mol. The van der Waals surface area contributed by atoms with Gasteiger partial charge in [0.25, 0.3) is 0 Å². The number of hydrogen-bond acceptors (Lipinski definition) is 3. The van der Waals surface area contributed by atoms with Crippen molar-refractivity contribution < 1.29 is 9.90 Å². The van der Waals surface area contributed by atoms with Crippen LogP contribution < -0.4 is 0 Å². The number of nitrogens with one attached hydrogen (secondary N) is 1. The number of H-pyrrole nitrogens is 1. The predicted octanol–water partition coefficient (Wildman–Crippen LogP) is 2.27. The third-order valence-corrected chi connectivity index (χ3v) is 3.05. The summed E-state index contributed by atoms with van der Waals surface area (Å²) in [6.45, 7) is 1.92. The lowest BCUT2D eigenvalue weighted by Crippen LogP contribution is -1.95. The van der Waals surface area contributed by atoms with Crippen LogP contribution in [-0.4, -0.2) is 30.8 Å². The molecule has 100 valence electrons. The molecule has 2 aromatic heterocycles. The van der Waals surface area contributed by atoms with Crippen molar-refractivity contribution in [1.29, 1.82) is 0 Å². The monoisotopic (exact) mass is 268 g/mol. The highest BCUT2D eigenvalue weighted by Crippen LogP contribution is 2.21. The molecular formula is C14H12N4O2. The Balaban J connectivity index is 2.03. The summed E-state index contributed by atoms with van der Waals surface area (Å²) in [5.74, 6) is -0.138. The maximum Gasteiger partial charge on any atom is 0.353 e. The molecule has 6 nitrogen and oxygen atoms in total. The quantitative estimate of drug-likeness (QED) is 0.763. The van der Waals surface area contributed by atoms with Crippen LogP contribution in [0.4, 0.5) is 0 Å². The molecule has 0 unspecified atom stereocenters. The third-order valence-electron chi connectivity index (χ3n) is 3.05. The second-order valence-electron chi connectivity index (χ2n) is 4.37. The van der Waals surface area contributed by atoms with Gasteiger partial charge in [0.05, 0.1) is 5.69 Å². The van der Waals surface area contributed by atoms with Crippen LogP contribution in [0.15, 0.2) is 42.7 Å². The van der Waals surface area contributed by atoms with E-state index in [1.54, 1.807) is 6.20 Å². The second kappa shape index (κ2) is 4.65. The van der Waals surface area contributed by atoms with E-state index in [1.165, 1.54) is 6.07 Å². The van der Waals surface area contributed by atoms with Gasteiger partial charge in [-0.1, -0.05) is 12.1 Å². The van der Waals surface area contributed by atoms with Crippen LogP contribution >= 0.6 is 0 Å². The molecule has 0 saturated heterocycles. The van der Waals surface area contributed by atoms with Gasteiger partial charge < -0.3 is 9.67 Å². The number of rotatable bonds is 3. The SMILES string of the molecule is Cc1nccn1-c1cccc(-c2cc(C(=O)O)[nH]n2)c1. The van der Waals surface area contributed by atoms with Gasteiger partial charge in [-0.05, 0) is 25.1 Å². The summed E-state index contributed by atoms with van der Waals surface area (Å²) < 4.78 is 1.95. The minimum absolute atomic E-state index is 0.0733. The molecule has 0 fully saturated rings. The molecule has 0 bridgehead atoms. The summed E-state index contributed by atoms with van der Waals surface area (Å²) in [4.78, 5) is 15.0. The Morgan fingerprint density at radius 1 is 1.35 bits per heavy atom. The van der Waals surface area contributed by atoms with Gasteiger partial charge in [-0.25, -0.2) is 9.78 Å². The minimum Gasteiger partial charge on any atom is -0.477 e. The van der Waals surface area contributed by atoms with E-state index in [0.717, 1.165) is 17.1 Å². The number of benzene rings is 1. The first-order valence-corrected chi connectivity index (χ1v) is 6.04. The zero-order chi connectivity index (χ0) is 14.1. The van der Waals surface area contributed by atoms with Crippen LogP contribution in [0.2, 0.25) is 0 Å². The molecule has 0 amide bonds. The molecule has 2 N–H and O–H groups in total. The van der Waals surface area contributed by atoms with Crippen LogP contribution in [0.1, 0.15) is 16.3 Å². The van der Waals surface area contributed by atoms with Gasteiger partial charge >= 0.3 is 5.97 Å². The molecule has 0 saturated carbocycles. The van der Waals surface area contributed by atoms with Crippen LogP contribution in [0.25, 0.3) is 16.9 Å². The molecule has 2 heterocycles. The fraction of sp³-hybridized carbons (Fsp3) is 0.0714. The van der Waals surface area contributed by atoms with Crippen molar-refractivity contribution >= 4 is 5.97 Å². The lowest BCUT2D eigenvalue weighted by Gasteiger charge is -2.06. The van der Waals surface area contributed by atoms with Gasteiger partial charge in [-0.15, -0.1) is 0 Å². The van der Waals surface area contributed by atoms with Gasteiger partial charge in [-0.3, -0.25) is 5.10 Å². The Bertz CT molecular complexity index is 773. The van der Waals surface area contributed by atoms with Gasteiger partial charge in [0.1, 0.15) is 11.5 Å². The third kappa shape index (κ3) is 2.07. The van der Waals surface area contributed by atoms with Crippen molar-refractivity contribution in [2.75, 3.05) is 0 Å². The van der Waals surface area contributed by atoms with Crippen molar-refractivity contribution in [2.24, 2.45) is 0 Å². The van der Waals surface area contributed by atoms with Crippen LogP contribution in [0.5, 0.6) is 0 Å².